The van der Waals surface area contributed by atoms with Gasteiger partial charge in [-0.1, -0.05) is 6.08 Å². The Morgan fingerprint density at radius 3 is 2.40 bits per heavy atom. The molecular formula is C6H8O3S. The highest BCUT2D eigenvalue weighted by Gasteiger charge is 2.17. The molecule has 0 aliphatic carbocycles. The molecule has 1 atom stereocenters. The van der Waals surface area contributed by atoms with Crippen LogP contribution in [0.3, 0.4) is 0 Å². The van der Waals surface area contributed by atoms with Crippen LogP contribution in [-0.4, -0.2) is 20.1 Å². The second-order valence-electron chi connectivity index (χ2n) is 2.05. The van der Waals surface area contributed by atoms with Gasteiger partial charge in [0.2, 0.25) is 5.44 Å². The maximum absolute atomic E-state index is 10.8. The van der Waals surface area contributed by atoms with Crippen LogP contribution in [0.1, 0.15) is 0 Å². The number of ether oxygens (including phenoxy) is 1. The smallest absolute Gasteiger partial charge is 0.216 e. The third kappa shape index (κ3) is 1.60. The Labute approximate surface area is 59.9 Å². The summed E-state index contributed by atoms with van der Waals surface area (Å²) in [6, 6.07) is 0. The van der Waals surface area contributed by atoms with Crippen LogP contribution in [0.5, 0.6) is 0 Å². The molecule has 4 heteroatoms. The first-order chi connectivity index (χ1) is 4.61. The van der Waals surface area contributed by atoms with Crippen molar-refractivity contribution in [3.8, 4) is 0 Å². The van der Waals surface area contributed by atoms with E-state index >= 15 is 0 Å². The molecule has 1 rings (SSSR count). The maximum Gasteiger partial charge on any atom is 0.216 e. The maximum atomic E-state index is 10.8. The first-order valence-electron chi connectivity index (χ1n) is 2.78. The molecule has 0 amide bonds. The molecule has 0 aromatic rings. The van der Waals surface area contributed by atoms with Crippen LogP contribution in [-0.2, 0) is 14.6 Å². The molecule has 1 heterocycles. The fourth-order valence-corrected chi connectivity index (χ4v) is 1.25. The van der Waals surface area contributed by atoms with Crippen molar-refractivity contribution in [1.82, 2.24) is 0 Å². The van der Waals surface area contributed by atoms with Crippen LogP contribution < -0.4 is 0 Å². The highest BCUT2D eigenvalue weighted by atomic mass is 32.2. The van der Waals surface area contributed by atoms with Gasteiger partial charge in [-0.05, 0) is 12.2 Å². The Morgan fingerprint density at radius 2 is 2.10 bits per heavy atom. The van der Waals surface area contributed by atoms with Gasteiger partial charge in [0.15, 0.2) is 9.84 Å². The average molecular weight is 160 g/mol. The molecule has 0 fully saturated rings. The quantitative estimate of drug-likeness (QED) is 0.559. The summed E-state index contributed by atoms with van der Waals surface area (Å²) in [5.41, 5.74) is -0.794. The number of hydrogen-bond donors (Lipinski definition) is 0. The van der Waals surface area contributed by atoms with Gasteiger partial charge in [0.25, 0.3) is 0 Å². The van der Waals surface area contributed by atoms with Crippen molar-refractivity contribution in [2.24, 2.45) is 0 Å². The summed E-state index contributed by atoms with van der Waals surface area (Å²) in [4.78, 5) is 0. The Hall–Kier alpha value is -0.770. The van der Waals surface area contributed by atoms with Gasteiger partial charge in [0.1, 0.15) is 0 Å². The largest absolute Gasteiger partial charge is 0.478 e. The number of allylic oxidation sites excluding steroid dienone is 2. The van der Waals surface area contributed by atoms with Gasteiger partial charge in [0, 0.05) is 6.26 Å². The molecule has 0 aromatic heterocycles. The van der Waals surface area contributed by atoms with Crippen LogP contribution in [0.4, 0.5) is 0 Å². The molecule has 0 spiro atoms. The minimum atomic E-state index is -3.09. The second-order valence-corrected chi connectivity index (χ2v) is 4.17. The lowest BCUT2D eigenvalue weighted by atomic mass is 10.4. The highest BCUT2D eigenvalue weighted by molar-refractivity contribution is 7.91. The van der Waals surface area contributed by atoms with Crippen LogP contribution >= 0.6 is 0 Å². The first kappa shape index (κ1) is 7.34. The molecule has 10 heavy (non-hydrogen) atoms. The van der Waals surface area contributed by atoms with Crippen molar-refractivity contribution >= 4 is 9.84 Å². The van der Waals surface area contributed by atoms with Gasteiger partial charge in [-0.25, -0.2) is 8.42 Å². The highest BCUT2D eigenvalue weighted by Crippen LogP contribution is 2.07. The molecule has 0 aromatic carbocycles. The topological polar surface area (TPSA) is 43.4 Å². The summed E-state index contributed by atoms with van der Waals surface area (Å²) < 4.78 is 26.3. The molecule has 1 unspecified atom stereocenters. The SMILES string of the molecule is CS(=O)(=O)C1C=CC=CO1. The normalized spacial score (nSPS) is 24.3. The van der Waals surface area contributed by atoms with Crippen LogP contribution in [0.25, 0.3) is 0 Å². The zero-order valence-electron chi connectivity index (χ0n) is 5.52. The van der Waals surface area contributed by atoms with Gasteiger partial charge in [0.05, 0.1) is 6.26 Å². The van der Waals surface area contributed by atoms with Gasteiger partial charge < -0.3 is 4.74 Å². The Kier molecular flexibility index (Phi) is 1.80. The van der Waals surface area contributed by atoms with E-state index in [-0.39, 0.29) is 0 Å². The average Bonchev–Trinajstić information content (AvgIpc) is 1.88. The summed E-state index contributed by atoms with van der Waals surface area (Å²) in [6.07, 6.45) is 7.29. The van der Waals surface area contributed by atoms with E-state index in [4.69, 9.17) is 4.74 Å². The van der Waals surface area contributed by atoms with E-state index in [2.05, 4.69) is 0 Å². The summed E-state index contributed by atoms with van der Waals surface area (Å²) in [5, 5.41) is 0. The number of sulfone groups is 1. The standard InChI is InChI=1S/C6H8O3S/c1-10(7,8)6-4-2-3-5-9-6/h2-6H,1H3. The summed E-state index contributed by atoms with van der Waals surface area (Å²) >= 11 is 0. The van der Waals surface area contributed by atoms with Crippen molar-refractivity contribution in [2.45, 2.75) is 5.44 Å². The zero-order chi connectivity index (χ0) is 7.61. The minimum absolute atomic E-state index is 0.794. The summed E-state index contributed by atoms with van der Waals surface area (Å²) in [7, 11) is -3.09. The van der Waals surface area contributed by atoms with Crippen LogP contribution in [0.15, 0.2) is 24.5 Å². The van der Waals surface area contributed by atoms with E-state index in [1.807, 2.05) is 0 Å². The first-order valence-corrected chi connectivity index (χ1v) is 4.74. The predicted octanol–water partition coefficient (Wildman–Crippen LogP) is 0.457. The van der Waals surface area contributed by atoms with Crippen molar-refractivity contribution in [1.29, 1.82) is 0 Å². The van der Waals surface area contributed by atoms with E-state index in [0.29, 0.717) is 0 Å². The van der Waals surface area contributed by atoms with Gasteiger partial charge in [-0.15, -0.1) is 0 Å². The van der Waals surface area contributed by atoms with Crippen LogP contribution in [0.2, 0.25) is 0 Å². The van der Waals surface area contributed by atoms with E-state index in [1.54, 1.807) is 12.2 Å². The third-order valence-corrected chi connectivity index (χ3v) is 2.20. The lowest BCUT2D eigenvalue weighted by Gasteiger charge is -2.11. The van der Waals surface area contributed by atoms with E-state index in [9.17, 15) is 8.42 Å². The molecular weight excluding hydrogens is 152 g/mol. The van der Waals surface area contributed by atoms with Gasteiger partial charge in [-0.2, -0.15) is 0 Å². The molecule has 1 aliphatic heterocycles. The molecule has 0 saturated carbocycles. The van der Waals surface area contributed by atoms with Crippen LogP contribution in [0, 0.1) is 0 Å². The fraction of sp³-hybridized carbons (Fsp3) is 0.333. The van der Waals surface area contributed by atoms with Gasteiger partial charge in [-0.3, -0.25) is 0 Å². The van der Waals surface area contributed by atoms with E-state index < -0.39 is 15.3 Å². The summed E-state index contributed by atoms with van der Waals surface area (Å²) in [5.74, 6) is 0. The summed E-state index contributed by atoms with van der Waals surface area (Å²) in [6.45, 7) is 0. The minimum Gasteiger partial charge on any atom is -0.478 e. The van der Waals surface area contributed by atoms with Crippen molar-refractivity contribution in [2.75, 3.05) is 6.26 Å². The Balaban J connectivity index is 2.79. The number of rotatable bonds is 1. The van der Waals surface area contributed by atoms with E-state index in [0.717, 1.165) is 6.26 Å². The molecule has 0 radical (unpaired) electrons. The predicted molar refractivity (Wildman–Crippen MR) is 38.0 cm³/mol. The molecule has 0 saturated heterocycles. The Bertz CT molecular complexity index is 261. The zero-order valence-corrected chi connectivity index (χ0v) is 6.34. The lowest BCUT2D eigenvalue weighted by molar-refractivity contribution is 0.246. The van der Waals surface area contributed by atoms with Gasteiger partial charge >= 0.3 is 0 Å². The van der Waals surface area contributed by atoms with E-state index in [1.165, 1.54) is 12.3 Å². The fourth-order valence-electron chi connectivity index (χ4n) is 0.612. The molecule has 1 aliphatic rings. The molecule has 3 nitrogen and oxygen atoms in total. The molecule has 56 valence electrons. The van der Waals surface area contributed by atoms with Crippen molar-refractivity contribution in [3.05, 3.63) is 24.5 Å². The Morgan fingerprint density at radius 1 is 1.40 bits per heavy atom. The lowest BCUT2D eigenvalue weighted by Crippen LogP contribution is -2.19. The third-order valence-electron chi connectivity index (χ3n) is 1.09. The monoisotopic (exact) mass is 160 g/mol. The van der Waals surface area contributed by atoms with Crippen molar-refractivity contribution < 1.29 is 13.2 Å². The molecule has 0 bridgehead atoms. The van der Waals surface area contributed by atoms with Crippen molar-refractivity contribution in [3.63, 3.8) is 0 Å². The second kappa shape index (κ2) is 2.46. The molecule has 0 N–H and O–H groups in total. The number of hydrogen-bond acceptors (Lipinski definition) is 3.